The molecule has 0 saturated carbocycles. The number of ether oxygens (including phenoxy) is 1. The van der Waals surface area contributed by atoms with Gasteiger partial charge in [0.25, 0.3) is 0 Å². The molecule has 0 aliphatic rings. The van der Waals surface area contributed by atoms with E-state index in [2.05, 4.69) is 5.10 Å². The average molecular weight is 293 g/mol. The molecule has 110 valence electrons. The van der Waals surface area contributed by atoms with Crippen molar-refractivity contribution in [1.82, 2.24) is 9.78 Å². The maximum atomic E-state index is 13.5. The smallest absolute Gasteiger partial charge is 0.341 e. The first-order chi connectivity index (χ1) is 10.0. The molecule has 0 amide bonds. The summed E-state index contributed by atoms with van der Waals surface area (Å²) in [7, 11) is 0. The number of rotatable bonds is 5. The van der Waals surface area contributed by atoms with Crippen LogP contribution < -0.4 is 0 Å². The molecule has 0 spiro atoms. The summed E-state index contributed by atoms with van der Waals surface area (Å²) in [4.78, 5) is 21.2. The molecule has 2 aromatic rings. The molecule has 0 unspecified atom stereocenters. The number of halogens is 1. The minimum Gasteiger partial charge on any atom is -0.462 e. The zero-order valence-electron chi connectivity index (χ0n) is 11.2. The van der Waals surface area contributed by atoms with Crippen LogP contribution in [-0.2, 0) is 11.3 Å². The fraction of sp³-hybridized carbons (Fsp3) is 0.231. The number of carbonyl (C=O) groups is 1. The van der Waals surface area contributed by atoms with Crippen molar-refractivity contribution >= 4 is 11.7 Å². The monoisotopic (exact) mass is 293 g/mol. The molecule has 21 heavy (non-hydrogen) atoms. The lowest BCUT2D eigenvalue weighted by Gasteiger charge is -2.02. The largest absolute Gasteiger partial charge is 0.462 e. The van der Waals surface area contributed by atoms with Crippen molar-refractivity contribution in [2.75, 3.05) is 6.61 Å². The van der Waals surface area contributed by atoms with Gasteiger partial charge in [-0.15, -0.1) is 0 Å². The normalized spacial score (nSPS) is 10.4. The van der Waals surface area contributed by atoms with E-state index in [-0.39, 0.29) is 13.2 Å². The van der Waals surface area contributed by atoms with E-state index in [9.17, 15) is 19.3 Å². The molecule has 0 aliphatic heterocycles. The Kier molecular flexibility index (Phi) is 4.27. The second-order valence-electron chi connectivity index (χ2n) is 4.19. The van der Waals surface area contributed by atoms with Crippen molar-refractivity contribution in [3.05, 3.63) is 57.7 Å². The summed E-state index contributed by atoms with van der Waals surface area (Å²) < 4.78 is 19.7. The molecule has 8 heteroatoms. The van der Waals surface area contributed by atoms with Crippen LogP contribution in [0, 0.1) is 15.9 Å². The van der Waals surface area contributed by atoms with Crippen LogP contribution in [0.2, 0.25) is 0 Å². The summed E-state index contributed by atoms with van der Waals surface area (Å²) in [6.45, 7) is 2.15. The highest BCUT2D eigenvalue weighted by molar-refractivity contribution is 5.88. The van der Waals surface area contributed by atoms with Gasteiger partial charge in [-0.2, -0.15) is 9.49 Å². The standard InChI is InChI=1S/C13H12FN3O4/c1-2-21-13(18)10-6-15-16(8-10)7-9-3-4-12(17(19)20)11(14)5-9/h3-6,8H,2,7H2,1H3. The minimum atomic E-state index is -0.907. The van der Waals surface area contributed by atoms with E-state index in [0.29, 0.717) is 11.1 Å². The summed E-state index contributed by atoms with van der Waals surface area (Å²) in [6.07, 6.45) is 2.82. The average Bonchev–Trinajstić information content (AvgIpc) is 2.87. The third-order valence-electron chi connectivity index (χ3n) is 2.70. The predicted molar refractivity (Wildman–Crippen MR) is 70.3 cm³/mol. The number of carbonyl (C=O) groups excluding carboxylic acids is 1. The molecule has 1 aromatic carbocycles. The molecule has 0 N–H and O–H groups in total. The zero-order valence-corrected chi connectivity index (χ0v) is 11.2. The van der Waals surface area contributed by atoms with Crippen molar-refractivity contribution in [2.24, 2.45) is 0 Å². The predicted octanol–water partition coefficient (Wildman–Crippen LogP) is 2.16. The molecule has 7 nitrogen and oxygen atoms in total. The molecule has 0 saturated heterocycles. The number of nitrogens with zero attached hydrogens (tertiary/aromatic N) is 3. The first kappa shape index (κ1) is 14.6. The fourth-order valence-corrected chi connectivity index (χ4v) is 1.75. The maximum absolute atomic E-state index is 13.5. The molecule has 0 atom stereocenters. The lowest BCUT2D eigenvalue weighted by molar-refractivity contribution is -0.387. The second-order valence-corrected chi connectivity index (χ2v) is 4.19. The first-order valence-corrected chi connectivity index (χ1v) is 6.13. The fourth-order valence-electron chi connectivity index (χ4n) is 1.75. The zero-order chi connectivity index (χ0) is 15.4. The lowest BCUT2D eigenvalue weighted by atomic mass is 10.2. The Balaban J connectivity index is 2.14. The Morgan fingerprint density at radius 2 is 2.29 bits per heavy atom. The van der Waals surface area contributed by atoms with E-state index in [1.165, 1.54) is 23.1 Å². The summed E-state index contributed by atoms with van der Waals surface area (Å²) in [6, 6.07) is 3.61. The van der Waals surface area contributed by atoms with Gasteiger partial charge in [0.05, 0.1) is 29.8 Å². The summed E-state index contributed by atoms with van der Waals surface area (Å²) in [5.74, 6) is -1.39. The highest BCUT2D eigenvalue weighted by Gasteiger charge is 2.14. The van der Waals surface area contributed by atoms with Crippen LogP contribution in [0.3, 0.4) is 0 Å². The van der Waals surface area contributed by atoms with Gasteiger partial charge in [-0.25, -0.2) is 4.79 Å². The molecule has 0 radical (unpaired) electrons. The van der Waals surface area contributed by atoms with Crippen molar-refractivity contribution in [1.29, 1.82) is 0 Å². The Morgan fingerprint density at radius 1 is 1.52 bits per heavy atom. The van der Waals surface area contributed by atoms with Crippen LogP contribution in [0.15, 0.2) is 30.6 Å². The third kappa shape index (κ3) is 3.41. The highest BCUT2D eigenvalue weighted by Crippen LogP contribution is 2.18. The van der Waals surface area contributed by atoms with Gasteiger partial charge in [-0.3, -0.25) is 14.8 Å². The lowest BCUT2D eigenvalue weighted by Crippen LogP contribution is -2.04. The van der Waals surface area contributed by atoms with E-state index in [1.54, 1.807) is 6.92 Å². The molecular formula is C13H12FN3O4. The minimum absolute atomic E-state index is 0.189. The van der Waals surface area contributed by atoms with Crippen LogP contribution >= 0.6 is 0 Å². The molecular weight excluding hydrogens is 281 g/mol. The van der Waals surface area contributed by atoms with Gasteiger partial charge in [0.1, 0.15) is 0 Å². The van der Waals surface area contributed by atoms with Crippen LogP contribution in [0.1, 0.15) is 22.8 Å². The van der Waals surface area contributed by atoms with Crippen LogP contribution in [0.4, 0.5) is 10.1 Å². The molecule has 0 bridgehead atoms. The number of hydrogen-bond acceptors (Lipinski definition) is 5. The van der Waals surface area contributed by atoms with Gasteiger partial charge < -0.3 is 4.74 Å². The van der Waals surface area contributed by atoms with Crippen LogP contribution in [-0.4, -0.2) is 27.3 Å². The molecule has 0 aliphatic carbocycles. The maximum Gasteiger partial charge on any atom is 0.341 e. The Bertz CT molecular complexity index is 684. The molecule has 2 rings (SSSR count). The number of esters is 1. The second kappa shape index (κ2) is 6.12. The van der Waals surface area contributed by atoms with E-state index < -0.39 is 22.4 Å². The van der Waals surface area contributed by atoms with Crippen LogP contribution in [0.25, 0.3) is 0 Å². The highest BCUT2D eigenvalue weighted by atomic mass is 19.1. The Morgan fingerprint density at radius 3 is 2.90 bits per heavy atom. The molecule has 0 fully saturated rings. The summed E-state index contributed by atoms with van der Waals surface area (Å²) in [5, 5.41) is 14.5. The Labute approximate surface area is 119 Å². The van der Waals surface area contributed by atoms with E-state index >= 15 is 0 Å². The number of aromatic nitrogens is 2. The van der Waals surface area contributed by atoms with Gasteiger partial charge in [-0.05, 0) is 18.6 Å². The van der Waals surface area contributed by atoms with E-state index in [4.69, 9.17) is 4.74 Å². The summed E-state index contributed by atoms with van der Waals surface area (Å²) in [5.41, 5.74) is 0.210. The van der Waals surface area contributed by atoms with Crippen molar-refractivity contribution < 1.29 is 18.8 Å². The van der Waals surface area contributed by atoms with Gasteiger partial charge >= 0.3 is 11.7 Å². The third-order valence-corrected chi connectivity index (χ3v) is 2.70. The van der Waals surface area contributed by atoms with E-state index in [0.717, 1.165) is 12.1 Å². The topological polar surface area (TPSA) is 87.3 Å². The number of benzene rings is 1. The quantitative estimate of drug-likeness (QED) is 0.479. The number of nitro groups is 1. The summed E-state index contributed by atoms with van der Waals surface area (Å²) >= 11 is 0. The number of hydrogen-bond donors (Lipinski definition) is 0. The van der Waals surface area contributed by atoms with Crippen molar-refractivity contribution in [3.63, 3.8) is 0 Å². The van der Waals surface area contributed by atoms with E-state index in [1.807, 2.05) is 0 Å². The van der Waals surface area contributed by atoms with Crippen molar-refractivity contribution in [2.45, 2.75) is 13.5 Å². The van der Waals surface area contributed by atoms with Gasteiger partial charge in [0.15, 0.2) is 0 Å². The van der Waals surface area contributed by atoms with Crippen LogP contribution in [0.5, 0.6) is 0 Å². The number of nitro benzene ring substituents is 1. The van der Waals surface area contributed by atoms with Gasteiger partial charge in [0, 0.05) is 12.3 Å². The molecule has 1 heterocycles. The first-order valence-electron chi connectivity index (χ1n) is 6.13. The SMILES string of the molecule is CCOC(=O)c1cnn(Cc2ccc([N+](=O)[O-])c(F)c2)c1. The van der Waals surface area contributed by atoms with Gasteiger partial charge in [-0.1, -0.05) is 6.07 Å². The molecule has 1 aromatic heterocycles. The Hall–Kier alpha value is -2.77. The van der Waals surface area contributed by atoms with Gasteiger partial charge in [0.2, 0.25) is 5.82 Å². The van der Waals surface area contributed by atoms with Crippen molar-refractivity contribution in [3.8, 4) is 0 Å².